The van der Waals surface area contributed by atoms with Gasteiger partial charge in [0.15, 0.2) is 5.65 Å². The van der Waals surface area contributed by atoms with Crippen LogP contribution in [0.15, 0.2) is 73.6 Å². The number of hydrogen-bond acceptors (Lipinski definition) is 5. The van der Waals surface area contributed by atoms with Gasteiger partial charge < -0.3 is 5.32 Å². The normalized spacial score (nSPS) is 18.8. The Morgan fingerprint density at radius 2 is 2.11 bits per heavy atom. The van der Waals surface area contributed by atoms with Crippen LogP contribution in [0.25, 0.3) is 27.8 Å². The molecule has 0 saturated carbocycles. The average Bonchev–Trinajstić information content (AvgIpc) is 3.19. The molecule has 1 N–H and O–H groups in total. The third-order valence-corrected chi connectivity index (χ3v) is 5.39. The summed E-state index contributed by atoms with van der Waals surface area (Å²) in [7, 11) is 0. The van der Waals surface area contributed by atoms with E-state index in [1.54, 1.807) is 18.7 Å². The van der Waals surface area contributed by atoms with Gasteiger partial charge in [-0.05, 0) is 25.0 Å². The van der Waals surface area contributed by atoms with Gasteiger partial charge in [0.25, 0.3) is 0 Å². The predicted octanol–water partition coefficient (Wildman–Crippen LogP) is 4.42. The van der Waals surface area contributed by atoms with Gasteiger partial charge in [0, 0.05) is 23.3 Å². The van der Waals surface area contributed by atoms with Crippen LogP contribution in [0.1, 0.15) is 19.8 Å². The Kier molecular flexibility index (Phi) is 3.90. The first-order chi connectivity index (χ1) is 13.8. The van der Waals surface area contributed by atoms with Crippen LogP contribution in [0.3, 0.4) is 0 Å². The molecule has 0 amide bonds. The minimum atomic E-state index is -0.124. The third kappa shape index (κ3) is 2.74. The second-order valence-corrected chi connectivity index (χ2v) is 7.03. The van der Waals surface area contributed by atoms with Crippen LogP contribution in [-0.2, 0) is 0 Å². The molecule has 0 bridgehead atoms. The van der Waals surface area contributed by atoms with E-state index in [0.29, 0.717) is 0 Å². The molecule has 5 rings (SSSR count). The van der Waals surface area contributed by atoms with Crippen molar-refractivity contribution in [2.45, 2.75) is 25.3 Å². The van der Waals surface area contributed by atoms with Crippen molar-refractivity contribution >= 4 is 22.4 Å². The summed E-state index contributed by atoms with van der Waals surface area (Å²) in [5.74, 6) is 0.851. The highest BCUT2D eigenvalue weighted by Gasteiger charge is 2.26. The summed E-state index contributed by atoms with van der Waals surface area (Å²) >= 11 is 0. The molecular weight excluding hydrogens is 348 g/mol. The molecule has 0 fully saturated rings. The van der Waals surface area contributed by atoms with Gasteiger partial charge in [-0.15, -0.1) is 0 Å². The zero-order valence-electron chi connectivity index (χ0n) is 15.6. The minimum Gasteiger partial charge on any atom is -0.360 e. The molecule has 1 aliphatic carbocycles. The van der Waals surface area contributed by atoms with Crippen LogP contribution in [0.2, 0.25) is 0 Å². The molecule has 6 nitrogen and oxygen atoms in total. The lowest BCUT2D eigenvalue weighted by molar-refractivity contribution is 0.555. The SMILES string of the molecule is CCC1(Nc2ncnc3ccc(-c4cnc5cnccn45)cc23)C=CC=CC1. The number of anilines is 1. The standard InChI is InChI=1S/C22H20N6/c1-2-22(8-4-3-5-9-22)27-21-17-12-16(6-7-18(17)25-15-26-21)19-13-24-20-14-23-10-11-28(19)20/h3-8,10-15H,2,9H2,1H3,(H,25,26,27). The summed E-state index contributed by atoms with van der Waals surface area (Å²) in [6.45, 7) is 2.19. The molecule has 0 spiro atoms. The maximum absolute atomic E-state index is 4.57. The van der Waals surface area contributed by atoms with Crippen molar-refractivity contribution in [2.75, 3.05) is 5.32 Å². The summed E-state index contributed by atoms with van der Waals surface area (Å²) in [6.07, 6.45) is 19.5. The van der Waals surface area contributed by atoms with Crippen molar-refractivity contribution in [1.29, 1.82) is 0 Å². The van der Waals surface area contributed by atoms with Crippen LogP contribution in [-0.4, -0.2) is 29.9 Å². The lowest BCUT2D eigenvalue weighted by Gasteiger charge is -2.32. The largest absolute Gasteiger partial charge is 0.360 e. The number of imidazole rings is 1. The molecule has 138 valence electrons. The van der Waals surface area contributed by atoms with Crippen LogP contribution in [0.4, 0.5) is 5.82 Å². The Balaban J connectivity index is 1.62. The second-order valence-electron chi connectivity index (χ2n) is 7.03. The summed E-state index contributed by atoms with van der Waals surface area (Å²) < 4.78 is 2.03. The van der Waals surface area contributed by atoms with E-state index in [0.717, 1.165) is 46.5 Å². The lowest BCUT2D eigenvalue weighted by atomic mass is 9.88. The number of rotatable bonds is 4. The van der Waals surface area contributed by atoms with E-state index in [4.69, 9.17) is 0 Å². The van der Waals surface area contributed by atoms with Crippen molar-refractivity contribution < 1.29 is 0 Å². The van der Waals surface area contributed by atoms with E-state index in [1.807, 2.05) is 22.9 Å². The fourth-order valence-corrected chi connectivity index (χ4v) is 3.72. The quantitative estimate of drug-likeness (QED) is 0.578. The van der Waals surface area contributed by atoms with E-state index in [2.05, 4.69) is 68.6 Å². The van der Waals surface area contributed by atoms with Crippen molar-refractivity contribution in [1.82, 2.24) is 24.3 Å². The molecule has 3 heterocycles. The molecule has 6 heteroatoms. The molecule has 28 heavy (non-hydrogen) atoms. The molecule has 1 atom stereocenters. The van der Waals surface area contributed by atoms with Gasteiger partial charge in [-0.25, -0.2) is 15.0 Å². The topological polar surface area (TPSA) is 68.0 Å². The van der Waals surface area contributed by atoms with Crippen LogP contribution in [0.5, 0.6) is 0 Å². The maximum Gasteiger partial charge on any atom is 0.155 e. The third-order valence-electron chi connectivity index (χ3n) is 5.39. The molecule has 3 aromatic heterocycles. The van der Waals surface area contributed by atoms with Gasteiger partial charge in [0.1, 0.15) is 12.1 Å². The fourth-order valence-electron chi connectivity index (χ4n) is 3.72. The van der Waals surface area contributed by atoms with Gasteiger partial charge in [0.2, 0.25) is 0 Å². The lowest BCUT2D eigenvalue weighted by Crippen LogP contribution is -2.36. The highest BCUT2D eigenvalue weighted by molar-refractivity contribution is 5.92. The molecule has 4 aromatic rings. The number of benzene rings is 1. The first-order valence-electron chi connectivity index (χ1n) is 9.43. The van der Waals surface area contributed by atoms with E-state index in [-0.39, 0.29) is 5.54 Å². The van der Waals surface area contributed by atoms with Crippen molar-refractivity contribution in [3.05, 3.63) is 73.6 Å². The average molecular weight is 368 g/mol. The Hall–Kier alpha value is -3.54. The van der Waals surface area contributed by atoms with Crippen molar-refractivity contribution in [3.8, 4) is 11.3 Å². The van der Waals surface area contributed by atoms with Crippen molar-refractivity contribution in [2.24, 2.45) is 0 Å². The Morgan fingerprint density at radius 3 is 2.96 bits per heavy atom. The smallest absolute Gasteiger partial charge is 0.155 e. The van der Waals surface area contributed by atoms with Crippen molar-refractivity contribution in [3.63, 3.8) is 0 Å². The van der Waals surface area contributed by atoms with Crippen LogP contribution >= 0.6 is 0 Å². The van der Waals surface area contributed by atoms with E-state index >= 15 is 0 Å². The fraction of sp³-hybridized carbons (Fsp3) is 0.182. The zero-order chi connectivity index (χ0) is 19.0. The highest BCUT2D eigenvalue weighted by atomic mass is 15.1. The zero-order valence-corrected chi connectivity index (χ0v) is 15.6. The number of aromatic nitrogens is 5. The first-order valence-corrected chi connectivity index (χ1v) is 9.43. The second kappa shape index (κ2) is 6.56. The van der Waals surface area contributed by atoms with Gasteiger partial charge in [-0.3, -0.25) is 9.38 Å². The molecule has 1 aromatic carbocycles. The van der Waals surface area contributed by atoms with E-state index in [9.17, 15) is 0 Å². The molecule has 0 saturated heterocycles. The van der Waals surface area contributed by atoms with Crippen LogP contribution in [0, 0.1) is 0 Å². The van der Waals surface area contributed by atoms with Gasteiger partial charge in [-0.2, -0.15) is 0 Å². The number of nitrogens with zero attached hydrogens (tertiary/aromatic N) is 5. The maximum atomic E-state index is 4.57. The molecule has 1 unspecified atom stereocenters. The summed E-state index contributed by atoms with van der Waals surface area (Å²) in [5, 5.41) is 4.67. The highest BCUT2D eigenvalue weighted by Crippen LogP contribution is 2.31. The Labute approximate surface area is 162 Å². The first kappa shape index (κ1) is 16.6. The number of fused-ring (bicyclic) bond motifs is 2. The summed E-state index contributed by atoms with van der Waals surface area (Å²) in [6, 6.07) is 6.24. The van der Waals surface area contributed by atoms with Gasteiger partial charge in [0.05, 0.1) is 29.1 Å². The molecular formula is C22H20N6. The van der Waals surface area contributed by atoms with Crippen LogP contribution < -0.4 is 5.32 Å². The predicted molar refractivity (Wildman–Crippen MR) is 111 cm³/mol. The van der Waals surface area contributed by atoms with Gasteiger partial charge in [-0.1, -0.05) is 37.3 Å². The molecule has 0 aliphatic heterocycles. The molecule has 0 radical (unpaired) electrons. The summed E-state index contributed by atoms with van der Waals surface area (Å²) in [5.41, 5.74) is 3.69. The number of hydrogen-bond donors (Lipinski definition) is 1. The Morgan fingerprint density at radius 1 is 1.14 bits per heavy atom. The number of nitrogens with one attached hydrogen (secondary N) is 1. The number of allylic oxidation sites excluding steroid dienone is 2. The summed E-state index contributed by atoms with van der Waals surface area (Å²) in [4.78, 5) is 17.6. The van der Waals surface area contributed by atoms with E-state index in [1.165, 1.54) is 0 Å². The Bertz CT molecular complexity index is 1220. The minimum absolute atomic E-state index is 0.124. The monoisotopic (exact) mass is 368 g/mol. The van der Waals surface area contributed by atoms with Gasteiger partial charge >= 0.3 is 0 Å². The van der Waals surface area contributed by atoms with E-state index < -0.39 is 0 Å². The molecule has 1 aliphatic rings.